The highest BCUT2D eigenvalue weighted by Crippen LogP contribution is 2.23. The van der Waals surface area contributed by atoms with Crippen LogP contribution in [-0.2, 0) is 4.74 Å². The van der Waals surface area contributed by atoms with Gasteiger partial charge >= 0.3 is 0 Å². The molecule has 3 aromatic rings. The Kier molecular flexibility index (Phi) is 8.43. The van der Waals surface area contributed by atoms with E-state index in [0.717, 1.165) is 49.7 Å². The summed E-state index contributed by atoms with van der Waals surface area (Å²) in [5, 5.41) is 6.15. The average Bonchev–Trinajstić information content (AvgIpc) is 2.89. The Morgan fingerprint density at radius 3 is 2.77 bits per heavy atom. The number of hydrogen-bond acceptors (Lipinski definition) is 7. The molecule has 1 amide bonds. The van der Waals surface area contributed by atoms with E-state index in [1.807, 2.05) is 56.3 Å². The van der Waals surface area contributed by atoms with Crippen molar-refractivity contribution in [3.8, 4) is 5.88 Å². The highest BCUT2D eigenvalue weighted by atomic mass is 16.5. The molecular formula is C27H31N5O3. The van der Waals surface area contributed by atoms with Crippen LogP contribution in [0.25, 0.3) is 5.76 Å². The standard InChI is InChI=1S/C27H31N5O3/c1-3-24(23-10-5-4-7-20(23)2)35-25-11-12-29-27(31-25)30-22-9-6-8-21(19-22)26(33)28-13-14-32-15-17-34-18-16-32/h3-12,19H,13-18H2,1-2H3,(H,28,33)(H,29,30,31). The lowest BCUT2D eigenvalue weighted by Gasteiger charge is -2.26. The van der Waals surface area contributed by atoms with Crippen LogP contribution >= 0.6 is 0 Å². The summed E-state index contributed by atoms with van der Waals surface area (Å²) in [6, 6.07) is 17.0. The molecule has 2 heterocycles. The van der Waals surface area contributed by atoms with Gasteiger partial charge in [-0.3, -0.25) is 9.69 Å². The van der Waals surface area contributed by atoms with Crippen molar-refractivity contribution in [3.05, 3.63) is 83.6 Å². The monoisotopic (exact) mass is 473 g/mol. The van der Waals surface area contributed by atoms with E-state index in [2.05, 4.69) is 25.5 Å². The molecule has 8 heteroatoms. The van der Waals surface area contributed by atoms with Crippen molar-refractivity contribution in [3.63, 3.8) is 0 Å². The van der Waals surface area contributed by atoms with Crippen LogP contribution in [0.5, 0.6) is 5.88 Å². The maximum atomic E-state index is 12.6. The second-order valence-corrected chi connectivity index (χ2v) is 8.20. The quantitative estimate of drug-likeness (QED) is 0.454. The van der Waals surface area contributed by atoms with E-state index in [1.54, 1.807) is 24.4 Å². The van der Waals surface area contributed by atoms with Gasteiger partial charge in [0.05, 0.1) is 13.2 Å². The Morgan fingerprint density at radius 2 is 1.97 bits per heavy atom. The number of aryl methyl sites for hydroxylation is 1. The summed E-state index contributed by atoms with van der Waals surface area (Å²) in [5.41, 5.74) is 3.41. The average molecular weight is 474 g/mol. The van der Waals surface area contributed by atoms with Gasteiger partial charge in [0.1, 0.15) is 5.76 Å². The van der Waals surface area contributed by atoms with Crippen molar-refractivity contribution < 1.29 is 14.3 Å². The van der Waals surface area contributed by atoms with Gasteiger partial charge in [-0.05, 0) is 43.7 Å². The van der Waals surface area contributed by atoms with Crippen molar-refractivity contribution in [2.75, 3.05) is 44.7 Å². The van der Waals surface area contributed by atoms with Crippen LogP contribution in [0, 0.1) is 6.92 Å². The molecule has 35 heavy (non-hydrogen) atoms. The molecule has 0 bridgehead atoms. The topological polar surface area (TPSA) is 88.6 Å². The Balaban J connectivity index is 1.37. The van der Waals surface area contributed by atoms with E-state index >= 15 is 0 Å². The Morgan fingerprint density at radius 1 is 1.14 bits per heavy atom. The number of aromatic nitrogens is 2. The van der Waals surface area contributed by atoms with Gasteiger partial charge in [0, 0.05) is 55.3 Å². The number of rotatable bonds is 9. The molecule has 0 saturated carbocycles. The molecule has 1 aliphatic heterocycles. The number of nitrogens with one attached hydrogen (secondary N) is 2. The summed E-state index contributed by atoms with van der Waals surface area (Å²) in [4.78, 5) is 23.7. The number of hydrogen-bond donors (Lipinski definition) is 2. The number of amides is 1. The van der Waals surface area contributed by atoms with E-state index in [1.165, 1.54) is 0 Å². The lowest BCUT2D eigenvalue weighted by molar-refractivity contribution is 0.0383. The zero-order valence-electron chi connectivity index (χ0n) is 20.2. The van der Waals surface area contributed by atoms with Crippen molar-refractivity contribution >= 4 is 23.3 Å². The lowest BCUT2D eigenvalue weighted by atomic mass is 10.1. The first-order valence-corrected chi connectivity index (χ1v) is 11.8. The van der Waals surface area contributed by atoms with E-state index < -0.39 is 0 Å². The first-order chi connectivity index (χ1) is 17.1. The van der Waals surface area contributed by atoms with Gasteiger partial charge in [0.25, 0.3) is 5.91 Å². The molecule has 0 aliphatic carbocycles. The molecule has 0 atom stereocenters. The van der Waals surface area contributed by atoms with Crippen LogP contribution in [0.3, 0.4) is 0 Å². The molecule has 0 unspecified atom stereocenters. The van der Waals surface area contributed by atoms with Gasteiger partial charge in [-0.1, -0.05) is 30.3 Å². The number of nitrogens with zero attached hydrogens (tertiary/aromatic N) is 3. The number of ether oxygens (including phenoxy) is 2. The van der Waals surface area contributed by atoms with Gasteiger partial charge in [-0.25, -0.2) is 4.98 Å². The highest BCUT2D eigenvalue weighted by Gasteiger charge is 2.12. The molecule has 2 N–H and O–H groups in total. The summed E-state index contributed by atoms with van der Waals surface area (Å²) in [6.07, 6.45) is 3.55. The minimum absolute atomic E-state index is 0.115. The summed E-state index contributed by atoms with van der Waals surface area (Å²) in [7, 11) is 0. The molecular weight excluding hydrogens is 442 g/mol. The molecule has 0 radical (unpaired) electrons. The first-order valence-electron chi connectivity index (χ1n) is 11.8. The molecule has 182 valence electrons. The predicted octanol–water partition coefficient (Wildman–Crippen LogP) is 4.03. The van der Waals surface area contributed by atoms with Crippen LogP contribution in [0.15, 0.2) is 66.9 Å². The SMILES string of the molecule is CC=C(Oc1ccnc(Nc2cccc(C(=O)NCCN3CCOCC3)c2)n1)c1ccccc1C. The lowest BCUT2D eigenvalue weighted by Crippen LogP contribution is -2.41. The first kappa shape index (κ1) is 24.4. The molecule has 4 rings (SSSR count). The number of allylic oxidation sites excluding steroid dienone is 1. The predicted molar refractivity (Wildman–Crippen MR) is 137 cm³/mol. The Hall–Kier alpha value is -3.75. The van der Waals surface area contributed by atoms with Crippen LogP contribution in [0.4, 0.5) is 11.6 Å². The fourth-order valence-corrected chi connectivity index (χ4v) is 3.81. The molecule has 0 spiro atoms. The fourth-order valence-electron chi connectivity index (χ4n) is 3.81. The molecule has 1 aromatic heterocycles. The number of benzene rings is 2. The summed E-state index contributed by atoms with van der Waals surface area (Å²) >= 11 is 0. The number of anilines is 2. The fraction of sp³-hybridized carbons (Fsp3) is 0.296. The second-order valence-electron chi connectivity index (χ2n) is 8.20. The van der Waals surface area contributed by atoms with E-state index in [-0.39, 0.29) is 5.91 Å². The van der Waals surface area contributed by atoms with E-state index in [9.17, 15) is 4.79 Å². The van der Waals surface area contributed by atoms with Gasteiger partial charge in [-0.15, -0.1) is 0 Å². The van der Waals surface area contributed by atoms with Gasteiger partial charge < -0.3 is 20.1 Å². The van der Waals surface area contributed by atoms with E-state index in [4.69, 9.17) is 9.47 Å². The van der Waals surface area contributed by atoms with Gasteiger partial charge in [0.2, 0.25) is 11.8 Å². The van der Waals surface area contributed by atoms with E-state index in [0.29, 0.717) is 29.6 Å². The Labute approximate surface area is 206 Å². The normalized spacial score (nSPS) is 14.4. The highest BCUT2D eigenvalue weighted by molar-refractivity contribution is 5.95. The van der Waals surface area contributed by atoms with Crippen molar-refractivity contribution in [2.24, 2.45) is 0 Å². The maximum absolute atomic E-state index is 12.6. The van der Waals surface area contributed by atoms with Gasteiger partial charge in [-0.2, -0.15) is 4.98 Å². The summed E-state index contributed by atoms with van der Waals surface area (Å²) in [6.45, 7) is 8.67. The third kappa shape index (κ3) is 6.88. The molecule has 1 aliphatic rings. The minimum Gasteiger partial charge on any atom is -0.439 e. The van der Waals surface area contributed by atoms with Crippen molar-refractivity contribution in [1.29, 1.82) is 0 Å². The number of carbonyl (C=O) groups excluding carboxylic acids is 1. The van der Waals surface area contributed by atoms with Crippen LogP contribution in [0.2, 0.25) is 0 Å². The largest absolute Gasteiger partial charge is 0.439 e. The van der Waals surface area contributed by atoms with Crippen molar-refractivity contribution in [2.45, 2.75) is 13.8 Å². The molecule has 1 saturated heterocycles. The zero-order valence-corrected chi connectivity index (χ0v) is 20.2. The number of carbonyl (C=O) groups is 1. The minimum atomic E-state index is -0.115. The maximum Gasteiger partial charge on any atom is 0.251 e. The van der Waals surface area contributed by atoms with Gasteiger partial charge in [0.15, 0.2) is 0 Å². The van der Waals surface area contributed by atoms with Crippen LogP contribution in [-0.4, -0.2) is 60.2 Å². The van der Waals surface area contributed by atoms with Crippen LogP contribution in [0.1, 0.15) is 28.4 Å². The van der Waals surface area contributed by atoms with Crippen LogP contribution < -0.4 is 15.4 Å². The second kappa shape index (κ2) is 12.1. The summed E-state index contributed by atoms with van der Waals surface area (Å²) < 4.78 is 11.4. The summed E-state index contributed by atoms with van der Waals surface area (Å²) in [5.74, 6) is 1.42. The third-order valence-corrected chi connectivity index (χ3v) is 5.72. The molecule has 1 fully saturated rings. The third-order valence-electron chi connectivity index (χ3n) is 5.72. The smallest absolute Gasteiger partial charge is 0.251 e. The Bertz CT molecular complexity index is 1170. The number of morpholine rings is 1. The molecule has 2 aromatic carbocycles. The van der Waals surface area contributed by atoms with Crippen molar-refractivity contribution in [1.82, 2.24) is 20.2 Å². The molecule has 8 nitrogen and oxygen atoms in total. The zero-order chi connectivity index (χ0) is 24.5.